The number of aliphatic hydroxyl groups is 1. The molecule has 2 heterocycles. The average Bonchev–Trinajstić information content (AvgIpc) is 2.92. The molecular weight excluding hydrogens is 318 g/mol. The van der Waals surface area contributed by atoms with Crippen molar-refractivity contribution in [1.29, 1.82) is 0 Å². The van der Waals surface area contributed by atoms with E-state index in [0.717, 1.165) is 11.1 Å². The summed E-state index contributed by atoms with van der Waals surface area (Å²) in [5.41, 5.74) is 3.33. The molecule has 0 radical (unpaired) electrons. The molecule has 0 unspecified atom stereocenters. The van der Waals surface area contributed by atoms with Crippen LogP contribution in [-0.2, 0) is 6.54 Å². The highest BCUT2D eigenvalue weighted by atomic mass is 16.3. The first-order valence-electron chi connectivity index (χ1n) is 8.39. The summed E-state index contributed by atoms with van der Waals surface area (Å²) in [5.74, 6) is -0.258. The van der Waals surface area contributed by atoms with Gasteiger partial charge in [-0.3, -0.25) is 14.6 Å². The third-order valence-corrected chi connectivity index (χ3v) is 4.12. The number of aryl methyl sites for hydroxylation is 1. The molecule has 0 spiro atoms. The molecule has 0 aliphatic heterocycles. The molecule has 134 valence electrons. The van der Waals surface area contributed by atoms with Crippen LogP contribution < -0.4 is 0 Å². The summed E-state index contributed by atoms with van der Waals surface area (Å²) in [7, 11) is 0. The summed E-state index contributed by atoms with van der Waals surface area (Å²) in [4.78, 5) is 33.8. The summed E-state index contributed by atoms with van der Waals surface area (Å²) in [6.07, 6.45) is 3.37. The predicted molar refractivity (Wildman–Crippen MR) is 95.7 cm³/mol. The van der Waals surface area contributed by atoms with Crippen LogP contribution in [0.2, 0.25) is 0 Å². The van der Waals surface area contributed by atoms with E-state index in [0.29, 0.717) is 23.5 Å². The number of amides is 1. The zero-order chi connectivity index (χ0) is 18.6. The molecule has 25 heavy (non-hydrogen) atoms. The first-order chi connectivity index (χ1) is 11.9. The molecule has 0 atom stereocenters. The van der Waals surface area contributed by atoms with Crippen LogP contribution in [0.25, 0.3) is 0 Å². The van der Waals surface area contributed by atoms with E-state index in [1.54, 1.807) is 24.2 Å². The monoisotopic (exact) mass is 343 g/mol. The van der Waals surface area contributed by atoms with Crippen molar-refractivity contribution >= 4 is 11.7 Å². The Morgan fingerprint density at radius 2 is 2.08 bits per heavy atom. The van der Waals surface area contributed by atoms with Gasteiger partial charge in [-0.1, -0.05) is 19.9 Å². The van der Waals surface area contributed by atoms with Crippen LogP contribution >= 0.6 is 0 Å². The Balaban J connectivity index is 2.42. The van der Waals surface area contributed by atoms with Gasteiger partial charge < -0.3 is 15.0 Å². The van der Waals surface area contributed by atoms with Gasteiger partial charge in [-0.2, -0.15) is 0 Å². The number of nitrogens with zero attached hydrogens (tertiary/aromatic N) is 2. The van der Waals surface area contributed by atoms with Crippen LogP contribution in [0.5, 0.6) is 0 Å². The molecule has 2 N–H and O–H groups in total. The van der Waals surface area contributed by atoms with Gasteiger partial charge >= 0.3 is 0 Å². The minimum Gasteiger partial charge on any atom is -0.395 e. The second kappa shape index (κ2) is 8.07. The number of aromatic nitrogens is 2. The maximum Gasteiger partial charge on any atom is 0.270 e. The van der Waals surface area contributed by atoms with Crippen LogP contribution in [0.1, 0.15) is 64.4 Å². The summed E-state index contributed by atoms with van der Waals surface area (Å²) >= 11 is 0. The largest absolute Gasteiger partial charge is 0.395 e. The van der Waals surface area contributed by atoms with E-state index in [1.807, 2.05) is 26.0 Å². The van der Waals surface area contributed by atoms with Gasteiger partial charge in [0.2, 0.25) is 0 Å². The van der Waals surface area contributed by atoms with E-state index in [1.165, 1.54) is 6.92 Å². The van der Waals surface area contributed by atoms with Crippen molar-refractivity contribution in [2.24, 2.45) is 0 Å². The van der Waals surface area contributed by atoms with E-state index >= 15 is 0 Å². The van der Waals surface area contributed by atoms with Gasteiger partial charge in [0.15, 0.2) is 5.78 Å². The first kappa shape index (κ1) is 18.9. The number of H-pyrrole nitrogens is 1. The molecular formula is C19H25N3O3. The Kier molecular flexibility index (Phi) is 6.09. The van der Waals surface area contributed by atoms with Crippen molar-refractivity contribution < 1.29 is 14.7 Å². The minimum atomic E-state index is -0.225. The third-order valence-electron chi connectivity index (χ3n) is 4.12. The molecule has 6 heteroatoms. The normalized spacial score (nSPS) is 11.0. The Morgan fingerprint density at radius 1 is 1.36 bits per heavy atom. The van der Waals surface area contributed by atoms with Crippen molar-refractivity contribution in [1.82, 2.24) is 14.9 Å². The zero-order valence-corrected chi connectivity index (χ0v) is 15.2. The number of carbonyl (C=O) groups is 2. The highest BCUT2D eigenvalue weighted by Crippen LogP contribution is 2.28. The Hall–Kier alpha value is -2.47. The van der Waals surface area contributed by atoms with E-state index in [-0.39, 0.29) is 30.8 Å². The molecule has 0 aliphatic carbocycles. The Morgan fingerprint density at radius 3 is 2.60 bits per heavy atom. The summed E-state index contributed by atoms with van der Waals surface area (Å²) in [6.45, 7) is 7.65. The summed E-state index contributed by atoms with van der Waals surface area (Å²) in [5, 5.41) is 9.36. The molecule has 2 aromatic heterocycles. The molecule has 2 aromatic rings. The average molecular weight is 343 g/mol. The highest BCUT2D eigenvalue weighted by Gasteiger charge is 2.27. The maximum absolute atomic E-state index is 13.1. The maximum atomic E-state index is 13.1. The fourth-order valence-corrected chi connectivity index (χ4v) is 3.09. The smallest absolute Gasteiger partial charge is 0.270 e. The number of hydrogen-bond acceptors (Lipinski definition) is 4. The van der Waals surface area contributed by atoms with Crippen molar-refractivity contribution in [3.05, 3.63) is 52.6 Å². The fourth-order valence-electron chi connectivity index (χ4n) is 3.09. The number of nitrogens with one attached hydrogen (secondary N) is 1. The topological polar surface area (TPSA) is 86.3 Å². The molecule has 0 aliphatic rings. The van der Waals surface area contributed by atoms with Crippen LogP contribution in [0.3, 0.4) is 0 Å². The van der Waals surface area contributed by atoms with Crippen LogP contribution in [0, 0.1) is 6.92 Å². The van der Waals surface area contributed by atoms with Crippen LogP contribution in [0.15, 0.2) is 24.5 Å². The molecule has 0 aromatic carbocycles. The molecule has 0 saturated carbocycles. The van der Waals surface area contributed by atoms with Crippen molar-refractivity contribution in [2.75, 3.05) is 13.2 Å². The number of aliphatic hydroxyl groups excluding tert-OH is 1. The molecule has 6 nitrogen and oxygen atoms in total. The van der Waals surface area contributed by atoms with Gasteiger partial charge in [-0.05, 0) is 37.0 Å². The first-order valence-corrected chi connectivity index (χ1v) is 8.39. The number of rotatable bonds is 7. The second-order valence-electron chi connectivity index (χ2n) is 6.44. The van der Waals surface area contributed by atoms with E-state index in [4.69, 9.17) is 0 Å². The number of Topliss-reactive ketones (excluding diaryl/α,β-unsaturated/α-hetero) is 1. The Labute approximate surface area is 147 Å². The molecule has 2 rings (SSSR count). The molecule has 0 bridgehead atoms. The predicted octanol–water partition coefficient (Wildman–Crippen LogP) is 2.68. The number of hydrogen-bond donors (Lipinski definition) is 2. The zero-order valence-electron chi connectivity index (χ0n) is 15.2. The number of ketones is 1. The molecule has 0 fully saturated rings. The van der Waals surface area contributed by atoms with E-state index < -0.39 is 0 Å². The minimum absolute atomic E-state index is 0.0252. The lowest BCUT2D eigenvalue weighted by Gasteiger charge is -2.22. The quantitative estimate of drug-likeness (QED) is 0.757. The number of pyridine rings is 1. The van der Waals surface area contributed by atoms with Crippen LogP contribution in [0.4, 0.5) is 0 Å². The van der Waals surface area contributed by atoms with Gasteiger partial charge in [0, 0.05) is 36.7 Å². The number of aromatic amines is 1. The van der Waals surface area contributed by atoms with Crippen molar-refractivity contribution in [3.63, 3.8) is 0 Å². The summed E-state index contributed by atoms with van der Waals surface area (Å²) < 4.78 is 0. The van der Waals surface area contributed by atoms with E-state index in [2.05, 4.69) is 9.97 Å². The number of carbonyl (C=O) groups excluding carboxylic acids is 2. The van der Waals surface area contributed by atoms with Gasteiger partial charge in [-0.15, -0.1) is 0 Å². The second-order valence-corrected chi connectivity index (χ2v) is 6.44. The fraction of sp³-hybridized carbons (Fsp3) is 0.421. The van der Waals surface area contributed by atoms with Crippen LogP contribution in [-0.4, -0.2) is 44.8 Å². The van der Waals surface area contributed by atoms with Gasteiger partial charge in [-0.25, -0.2) is 0 Å². The van der Waals surface area contributed by atoms with E-state index in [9.17, 15) is 14.7 Å². The molecule has 1 amide bonds. The molecule has 0 saturated heterocycles. The standard InChI is InChI=1S/C19H25N3O3/c1-12(2)16-17(14(4)24)13(3)21-18(16)19(25)22(8-9-23)11-15-6-5-7-20-10-15/h5-7,10,12,21,23H,8-9,11H2,1-4H3. The third kappa shape index (κ3) is 4.14. The van der Waals surface area contributed by atoms with Crippen molar-refractivity contribution in [2.45, 2.75) is 40.2 Å². The lowest BCUT2D eigenvalue weighted by atomic mass is 9.95. The highest BCUT2D eigenvalue weighted by molar-refractivity contribution is 6.03. The van der Waals surface area contributed by atoms with Gasteiger partial charge in [0.25, 0.3) is 5.91 Å². The Bertz CT molecular complexity index is 751. The lowest BCUT2D eigenvalue weighted by Crippen LogP contribution is -2.34. The van der Waals surface area contributed by atoms with Crippen molar-refractivity contribution in [3.8, 4) is 0 Å². The van der Waals surface area contributed by atoms with Gasteiger partial charge in [0.05, 0.1) is 6.61 Å². The SMILES string of the molecule is CC(=O)c1c(C)[nH]c(C(=O)N(CCO)Cc2cccnc2)c1C(C)C. The van der Waals surface area contributed by atoms with Gasteiger partial charge in [0.1, 0.15) is 5.69 Å². The lowest BCUT2D eigenvalue weighted by molar-refractivity contribution is 0.0701. The summed E-state index contributed by atoms with van der Waals surface area (Å²) in [6, 6.07) is 3.69.